The summed E-state index contributed by atoms with van der Waals surface area (Å²) >= 11 is 0. The van der Waals surface area contributed by atoms with Gasteiger partial charge in [0, 0.05) is 24.7 Å². The molecule has 2 aromatic rings. The number of carbonyl (C=O) groups excluding carboxylic acids is 1. The summed E-state index contributed by atoms with van der Waals surface area (Å²) < 4.78 is 27.8. The zero-order chi connectivity index (χ0) is 18.4. The van der Waals surface area contributed by atoms with Crippen LogP contribution in [0.25, 0.3) is 0 Å². The van der Waals surface area contributed by atoms with Crippen molar-refractivity contribution in [3.63, 3.8) is 0 Å². The lowest BCUT2D eigenvalue weighted by Gasteiger charge is -2.31. The molecule has 1 N–H and O–H groups in total. The van der Waals surface area contributed by atoms with Crippen LogP contribution in [0.5, 0.6) is 0 Å². The summed E-state index contributed by atoms with van der Waals surface area (Å²) in [7, 11) is -3.69. The normalized spacial score (nSPS) is 18.1. The highest BCUT2D eigenvalue weighted by atomic mass is 32.2. The van der Waals surface area contributed by atoms with Gasteiger partial charge in [-0.2, -0.15) is 0 Å². The zero-order valence-electron chi connectivity index (χ0n) is 14.6. The second-order valence-electron chi connectivity index (χ2n) is 7.32. The van der Waals surface area contributed by atoms with Crippen LogP contribution in [0.3, 0.4) is 0 Å². The van der Waals surface area contributed by atoms with E-state index in [4.69, 9.17) is 0 Å². The maximum Gasteiger partial charge on any atom is 0.261 e. The third kappa shape index (κ3) is 3.19. The Morgan fingerprint density at radius 3 is 2.73 bits per heavy atom. The second-order valence-corrected chi connectivity index (χ2v) is 9.00. The molecule has 0 unspecified atom stereocenters. The number of rotatable bonds is 4. The van der Waals surface area contributed by atoms with Crippen molar-refractivity contribution in [3.05, 3.63) is 53.9 Å². The quantitative estimate of drug-likeness (QED) is 0.896. The van der Waals surface area contributed by atoms with Gasteiger partial charge in [0.25, 0.3) is 10.0 Å². The summed E-state index contributed by atoms with van der Waals surface area (Å²) in [5, 5.41) is 0. The maximum absolute atomic E-state index is 12.7. The molecule has 0 saturated heterocycles. The molecule has 4 rings (SSSR count). The van der Waals surface area contributed by atoms with Crippen LogP contribution < -0.4 is 4.72 Å². The van der Waals surface area contributed by atoms with Crippen LogP contribution >= 0.6 is 0 Å². The third-order valence-corrected chi connectivity index (χ3v) is 6.60. The number of hydrogen-bond acceptors (Lipinski definition) is 4. The number of benzene rings is 1. The molecule has 6 nitrogen and oxygen atoms in total. The smallest absolute Gasteiger partial charge is 0.261 e. The first-order valence-corrected chi connectivity index (χ1v) is 10.2. The SMILES string of the molecule is CC1(C(=O)N2CCc3ccc(S(=O)(=O)Nc4cccnc4)cc3C2)CC1. The molecule has 1 aromatic carbocycles. The van der Waals surface area contributed by atoms with Crippen LogP contribution in [0.1, 0.15) is 30.9 Å². The fourth-order valence-corrected chi connectivity index (χ4v) is 4.39. The Balaban J connectivity index is 1.58. The van der Waals surface area contributed by atoms with Gasteiger partial charge < -0.3 is 4.90 Å². The van der Waals surface area contributed by atoms with E-state index in [0.717, 1.165) is 30.4 Å². The Hall–Kier alpha value is -2.41. The lowest BCUT2D eigenvalue weighted by molar-refractivity contribution is -0.137. The van der Waals surface area contributed by atoms with Crippen LogP contribution in [0.4, 0.5) is 5.69 Å². The molecule has 26 heavy (non-hydrogen) atoms. The summed E-state index contributed by atoms with van der Waals surface area (Å²) in [5.74, 6) is 0.185. The van der Waals surface area contributed by atoms with Crippen molar-refractivity contribution in [1.29, 1.82) is 0 Å². The molecule has 1 aliphatic carbocycles. The summed E-state index contributed by atoms with van der Waals surface area (Å²) in [6, 6.07) is 8.49. The minimum atomic E-state index is -3.69. The van der Waals surface area contributed by atoms with Gasteiger partial charge in [-0.25, -0.2) is 8.42 Å². The average molecular weight is 371 g/mol. The molecule has 1 saturated carbocycles. The van der Waals surface area contributed by atoms with Gasteiger partial charge in [-0.05, 0) is 54.7 Å². The van der Waals surface area contributed by atoms with E-state index < -0.39 is 10.0 Å². The molecule has 1 amide bonds. The number of carbonyl (C=O) groups is 1. The van der Waals surface area contributed by atoms with Crippen LogP contribution in [-0.4, -0.2) is 30.8 Å². The molecule has 7 heteroatoms. The number of anilines is 1. The van der Waals surface area contributed by atoms with Gasteiger partial charge in [0.2, 0.25) is 5.91 Å². The number of pyridine rings is 1. The Morgan fingerprint density at radius 1 is 1.23 bits per heavy atom. The van der Waals surface area contributed by atoms with Crippen LogP contribution in [0.2, 0.25) is 0 Å². The number of nitrogens with zero attached hydrogens (tertiary/aromatic N) is 2. The number of fused-ring (bicyclic) bond motifs is 1. The predicted molar refractivity (Wildman–Crippen MR) is 97.9 cm³/mol. The predicted octanol–water partition coefficient (Wildman–Crippen LogP) is 2.57. The van der Waals surface area contributed by atoms with Gasteiger partial charge in [-0.15, -0.1) is 0 Å². The molecule has 0 atom stereocenters. The van der Waals surface area contributed by atoms with E-state index in [-0.39, 0.29) is 16.2 Å². The Morgan fingerprint density at radius 2 is 2.04 bits per heavy atom. The maximum atomic E-state index is 12.7. The van der Waals surface area contributed by atoms with Crippen molar-refractivity contribution in [2.45, 2.75) is 37.6 Å². The number of aromatic nitrogens is 1. The van der Waals surface area contributed by atoms with Crippen molar-refractivity contribution >= 4 is 21.6 Å². The first kappa shape index (κ1) is 17.0. The van der Waals surface area contributed by atoms with Crippen molar-refractivity contribution in [3.8, 4) is 0 Å². The first-order chi connectivity index (χ1) is 12.4. The van der Waals surface area contributed by atoms with E-state index in [1.54, 1.807) is 30.5 Å². The highest BCUT2D eigenvalue weighted by molar-refractivity contribution is 7.92. The summed E-state index contributed by atoms with van der Waals surface area (Å²) in [6.07, 6.45) is 5.69. The molecule has 0 spiro atoms. The fourth-order valence-electron chi connectivity index (χ4n) is 3.29. The number of amides is 1. The van der Waals surface area contributed by atoms with Crippen molar-refractivity contribution in [2.75, 3.05) is 11.3 Å². The molecule has 2 heterocycles. The van der Waals surface area contributed by atoms with Gasteiger partial charge in [-0.3, -0.25) is 14.5 Å². The molecule has 136 valence electrons. The minimum absolute atomic E-state index is 0.185. The van der Waals surface area contributed by atoms with E-state index in [0.29, 0.717) is 18.8 Å². The number of hydrogen-bond donors (Lipinski definition) is 1. The molecule has 1 aromatic heterocycles. The zero-order valence-corrected chi connectivity index (χ0v) is 15.4. The number of nitrogens with one attached hydrogen (secondary N) is 1. The van der Waals surface area contributed by atoms with Gasteiger partial charge in [0.15, 0.2) is 0 Å². The van der Waals surface area contributed by atoms with Crippen molar-refractivity contribution < 1.29 is 13.2 Å². The van der Waals surface area contributed by atoms with Gasteiger partial charge in [-0.1, -0.05) is 13.0 Å². The Labute approximate surface area is 153 Å². The van der Waals surface area contributed by atoms with E-state index in [2.05, 4.69) is 9.71 Å². The van der Waals surface area contributed by atoms with E-state index in [9.17, 15) is 13.2 Å². The molecule has 1 fully saturated rings. The standard InChI is InChI=1S/C19H21N3O3S/c1-19(7-8-19)18(23)22-10-6-14-4-5-17(11-15(14)13-22)26(24,25)21-16-3-2-9-20-12-16/h2-5,9,11-12,21H,6-8,10,13H2,1H3. The largest absolute Gasteiger partial charge is 0.338 e. The molecule has 0 bridgehead atoms. The molecular formula is C19H21N3O3S. The molecule has 1 aliphatic heterocycles. The van der Waals surface area contributed by atoms with Crippen LogP contribution in [0.15, 0.2) is 47.6 Å². The van der Waals surface area contributed by atoms with E-state index in [1.807, 2.05) is 17.9 Å². The third-order valence-electron chi connectivity index (χ3n) is 5.22. The van der Waals surface area contributed by atoms with Gasteiger partial charge in [0.05, 0.1) is 16.8 Å². The highest BCUT2D eigenvalue weighted by Gasteiger charge is 2.47. The van der Waals surface area contributed by atoms with E-state index in [1.165, 1.54) is 6.20 Å². The summed E-state index contributed by atoms with van der Waals surface area (Å²) in [6.45, 7) is 3.17. The van der Waals surface area contributed by atoms with Crippen LogP contribution in [0, 0.1) is 5.41 Å². The number of sulfonamides is 1. The summed E-state index contributed by atoms with van der Waals surface area (Å²) in [4.78, 5) is 18.6. The Bertz CT molecular complexity index is 953. The molecule has 0 radical (unpaired) electrons. The summed E-state index contributed by atoms with van der Waals surface area (Å²) in [5.41, 5.74) is 2.23. The van der Waals surface area contributed by atoms with Gasteiger partial charge >= 0.3 is 0 Å². The van der Waals surface area contributed by atoms with Gasteiger partial charge in [0.1, 0.15) is 0 Å². The second kappa shape index (κ2) is 6.09. The Kier molecular flexibility index (Phi) is 3.99. The minimum Gasteiger partial charge on any atom is -0.338 e. The van der Waals surface area contributed by atoms with E-state index >= 15 is 0 Å². The molecular weight excluding hydrogens is 350 g/mol. The average Bonchev–Trinajstić information content (AvgIpc) is 3.39. The lowest BCUT2D eigenvalue weighted by Crippen LogP contribution is -2.39. The highest BCUT2D eigenvalue weighted by Crippen LogP contribution is 2.47. The van der Waals surface area contributed by atoms with Crippen molar-refractivity contribution in [1.82, 2.24) is 9.88 Å². The lowest BCUT2D eigenvalue weighted by atomic mass is 9.98. The molecule has 2 aliphatic rings. The topological polar surface area (TPSA) is 79.4 Å². The van der Waals surface area contributed by atoms with Crippen molar-refractivity contribution in [2.24, 2.45) is 5.41 Å². The fraction of sp³-hybridized carbons (Fsp3) is 0.368. The monoisotopic (exact) mass is 371 g/mol. The first-order valence-electron chi connectivity index (χ1n) is 8.71. The van der Waals surface area contributed by atoms with Crippen LogP contribution in [-0.2, 0) is 27.8 Å².